The van der Waals surface area contributed by atoms with Gasteiger partial charge in [-0.3, -0.25) is 0 Å². The number of benzene rings is 8. The van der Waals surface area contributed by atoms with Crippen molar-refractivity contribution >= 4 is 104 Å². The Bertz CT molecular complexity index is 3130. The second kappa shape index (κ2) is 11.8. The van der Waals surface area contributed by atoms with Crippen molar-refractivity contribution < 1.29 is 0 Å². The molecular formula is C48H30N2SSe. The van der Waals surface area contributed by atoms with Gasteiger partial charge in [0.2, 0.25) is 0 Å². The molecule has 0 atom stereocenters. The number of nitrogens with zero attached hydrogens (tertiary/aromatic N) is 2. The summed E-state index contributed by atoms with van der Waals surface area (Å²) in [4.78, 5) is 2.46. The van der Waals surface area contributed by atoms with Crippen LogP contribution in [0, 0.1) is 0 Å². The van der Waals surface area contributed by atoms with Gasteiger partial charge in [-0.1, -0.05) is 36.4 Å². The van der Waals surface area contributed by atoms with Gasteiger partial charge in [0.1, 0.15) is 0 Å². The average Bonchev–Trinajstić information content (AvgIpc) is 3.88. The van der Waals surface area contributed by atoms with Crippen LogP contribution in [-0.4, -0.2) is 19.1 Å². The average molecular weight is 746 g/mol. The molecule has 0 amide bonds. The van der Waals surface area contributed by atoms with E-state index >= 15 is 0 Å². The van der Waals surface area contributed by atoms with E-state index in [1.54, 1.807) is 0 Å². The van der Waals surface area contributed by atoms with Gasteiger partial charge < -0.3 is 4.57 Å². The molecule has 2 nitrogen and oxygen atoms in total. The number of aromatic nitrogens is 1. The van der Waals surface area contributed by atoms with Crippen molar-refractivity contribution in [2.24, 2.45) is 0 Å². The first-order valence-corrected chi connectivity index (χ1v) is 20.1. The summed E-state index contributed by atoms with van der Waals surface area (Å²) >= 11 is 2.21. The maximum absolute atomic E-state index is 2.46. The van der Waals surface area contributed by atoms with E-state index in [1.165, 1.54) is 89.5 Å². The summed E-state index contributed by atoms with van der Waals surface area (Å²) in [5.41, 5.74) is 9.56. The number of rotatable bonds is 5. The predicted octanol–water partition coefficient (Wildman–Crippen LogP) is 13.7. The minimum atomic E-state index is 0.330. The number of anilines is 3. The molecule has 0 aliphatic rings. The third-order valence-corrected chi connectivity index (χ3v) is 14.0. The van der Waals surface area contributed by atoms with Gasteiger partial charge >= 0.3 is 231 Å². The first-order valence-electron chi connectivity index (χ1n) is 17.6. The SMILES string of the molecule is c1ccc(-n2c3ccccc3c3cc(-c4ccc(N(c5ccc6[se]c7ccccc7c6c5)c5cccc6c5sc5ccccc56)cc4)ccc32)cc1. The van der Waals surface area contributed by atoms with Crippen molar-refractivity contribution in [2.75, 3.05) is 4.90 Å². The van der Waals surface area contributed by atoms with Crippen LogP contribution in [0.5, 0.6) is 0 Å². The van der Waals surface area contributed by atoms with Crippen molar-refractivity contribution in [3.05, 3.63) is 182 Å². The molecule has 52 heavy (non-hydrogen) atoms. The molecular weight excluding hydrogens is 716 g/mol. The normalized spacial score (nSPS) is 11.8. The van der Waals surface area contributed by atoms with Gasteiger partial charge in [0.05, 0.1) is 11.0 Å². The van der Waals surface area contributed by atoms with E-state index in [0.717, 1.165) is 5.69 Å². The Hall–Kier alpha value is -5.90. The molecule has 0 fully saturated rings. The smallest absolute Gasteiger partial charge is 0.0602 e. The molecule has 0 bridgehead atoms. The standard InChI is InChI=1S/C48H30N2SSe/c1-2-11-33(12-3-1)50-42-17-7-4-13-36(42)40-29-32(23-27-43(40)50)31-21-24-34(25-22-31)49(35-26-28-47-41(30-35)38-15-6-9-20-46(38)52-47)44-18-10-16-39-37-14-5-8-19-45(37)51-48(39)44/h1-30H. The van der Waals surface area contributed by atoms with Crippen LogP contribution in [0.3, 0.4) is 0 Å². The Morgan fingerprint density at radius 1 is 0.423 bits per heavy atom. The van der Waals surface area contributed by atoms with E-state index in [1.807, 2.05) is 11.3 Å². The van der Waals surface area contributed by atoms with Crippen molar-refractivity contribution in [3.8, 4) is 16.8 Å². The number of hydrogen-bond donors (Lipinski definition) is 0. The maximum atomic E-state index is 2.46. The number of fused-ring (bicyclic) bond motifs is 9. The molecule has 11 rings (SSSR count). The Balaban J connectivity index is 1.07. The summed E-state index contributed by atoms with van der Waals surface area (Å²) in [6, 6.07) is 67.0. The fourth-order valence-electron chi connectivity index (χ4n) is 8.00. The molecule has 0 unspecified atom stereocenters. The Morgan fingerprint density at radius 3 is 1.98 bits per heavy atom. The second-order valence-electron chi connectivity index (χ2n) is 13.3. The summed E-state index contributed by atoms with van der Waals surface area (Å²) in [5, 5.41) is 7.88. The molecule has 244 valence electrons. The second-order valence-corrected chi connectivity index (χ2v) is 16.7. The van der Waals surface area contributed by atoms with Crippen LogP contribution in [-0.2, 0) is 0 Å². The first-order chi connectivity index (χ1) is 25.8. The minimum absolute atomic E-state index is 0.330. The fraction of sp³-hybridized carbons (Fsp3) is 0. The van der Waals surface area contributed by atoms with Crippen molar-refractivity contribution in [3.63, 3.8) is 0 Å². The molecule has 0 spiro atoms. The molecule has 11 aromatic rings. The first kappa shape index (κ1) is 29.8. The molecule has 4 heteroatoms. The third kappa shape index (κ3) is 4.62. The topological polar surface area (TPSA) is 8.17 Å². The van der Waals surface area contributed by atoms with Crippen LogP contribution in [0.1, 0.15) is 0 Å². The van der Waals surface area contributed by atoms with Crippen LogP contribution in [0.4, 0.5) is 17.1 Å². The van der Waals surface area contributed by atoms with Gasteiger partial charge in [-0.15, -0.1) is 0 Å². The molecule has 0 aliphatic carbocycles. The zero-order valence-corrected chi connectivity index (χ0v) is 30.6. The molecule has 3 heterocycles. The molecule has 0 saturated heterocycles. The summed E-state index contributed by atoms with van der Waals surface area (Å²) in [6.07, 6.45) is 0. The molecule has 0 aliphatic heterocycles. The monoisotopic (exact) mass is 746 g/mol. The number of para-hydroxylation sites is 2. The van der Waals surface area contributed by atoms with Crippen molar-refractivity contribution in [1.29, 1.82) is 0 Å². The molecule has 3 aromatic heterocycles. The Morgan fingerprint density at radius 2 is 1.10 bits per heavy atom. The van der Waals surface area contributed by atoms with Crippen LogP contribution in [0.15, 0.2) is 182 Å². The quantitative estimate of drug-likeness (QED) is 0.159. The van der Waals surface area contributed by atoms with Crippen LogP contribution in [0.25, 0.3) is 78.1 Å². The Labute approximate surface area is 310 Å². The van der Waals surface area contributed by atoms with E-state index < -0.39 is 0 Å². The van der Waals surface area contributed by atoms with Crippen molar-refractivity contribution in [1.82, 2.24) is 4.57 Å². The van der Waals surface area contributed by atoms with Gasteiger partial charge in [-0.25, -0.2) is 0 Å². The predicted molar refractivity (Wildman–Crippen MR) is 226 cm³/mol. The third-order valence-electron chi connectivity index (χ3n) is 10.4. The van der Waals surface area contributed by atoms with Crippen molar-refractivity contribution in [2.45, 2.75) is 0 Å². The number of thiophene rings is 1. The minimum Gasteiger partial charge on any atom is -0.0602 e. The van der Waals surface area contributed by atoms with E-state index in [4.69, 9.17) is 0 Å². The van der Waals surface area contributed by atoms with E-state index in [2.05, 4.69) is 191 Å². The summed E-state index contributed by atoms with van der Waals surface area (Å²) in [5.74, 6) is 0. The molecule has 0 N–H and O–H groups in total. The van der Waals surface area contributed by atoms with Crippen LogP contribution in [0.2, 0.25) is 0 Å². The van der Waals surface area contributed by atoms with Gasteiger partial charge in [0.25, 0.3) is 0 Å². The fourth-order valence-corrected chi connectivity index (χ4v) is 11.5. The zero-order chi connectivity index (χ0) is 34.2. The van der Waals surface area contributed by atoms with Gasteiger partial charge in [-0.05, 0) is 18.2 Å². The van der Waals surface area contributed by atoms with Crippen LogP contribution >= 0.6 is 11.3 Å². The van der Waals surface area contributed by atoms with E-state index in [9.17, 15) is 0 Å². The van der Waals surface area contributed by atoms with Gasteiger partial charge in [0, 0.05) is 11.1 Å². The summed E-state index contributed by atoms with van der Waals surface area (Å²) in [7, 11) is 0. The van der Waals surface area contributed by atoms with Crippen LogP contribution < -0.4 is 4.90 Å². The molecule has 0 radical (unpaired) electrons. The Kier molecular flexibility index (Phi) is 6.78. The van der Waals surface area contributed by atoms with E-state index in [0.29, 0.717) is 14.5 Å². The zero-order valence-electron chi connectivity index (χ0n) is 28.0. The molecule has 8 aromatic carbocycles. The van der Waals surface area contributed by atoms with E-state index in [-0.39, 0.29) is 0 Å². The van der Waals surface area contributed by atoms with Gasteiger partial charge in [0.15, 0.2) is 0 Å². The number of hydrogen-bond acceptors (Lipinski definition) is 2. The summed E-state index contributed by atoms with van der Waals surface area (Å²) < 4.78 is 7.92. The summed E-state index contributed by atoms with van der Waals surface area (Å²) in [6.45, 7) is 0. The molecule has 0 saturated carbocycles. The van der Waals surface area contributed by atoms with Gasteiger partial charge in [-0.2, -0.15) is 0 Å².